The number of anilines is 2. The molecule has 4 aliphatic rings. The molecule has 6 atom stereocenters. The number of phenolic OH excluding ortho intramolecular Hbond substituents is 1. The van der Waals surface area contributed by atoms with Crippen molar-refractivity contribution in [3.05, 3.63) is 172 Å². The van der Waals surface area contributed by atoms with Gasteiger partial charge in [0.15, 0.2) is 0 Å². The van der Waals surface area contributed by atoms with Gasteiger partial charge < -0.3 is 14.6 Å². The SMILES string of the molecule is COc1ccc(OC)c(C=Cc2ccc(N3C(=O)[C@H]4[C@H](CC=C5[C@H]4C[C@H]4C(=O)N(Nc6ccc(F)cc6)C(=O)[C@@]4(c4ccc(Cl)cc4)[C@H]5c4ccc5ccccc5c4O)C3=O)cc2)c1. The van der Waals surface area contributed by atoms with Crippen LogP contribution in [0.3, 0.4) is 0 Å². The van der Waals surface area contributed by atoms with E-state index in [4.69, 9.17) is 21.1 Å². The fraction of sp³-hybridized carbons (Fsp3) is 0.192. The van der Waals surface area contributed by atoms with Crippen LogP contribution in [-0.2, 0) is 24.6 Å². The van der Waals surface area contributed by atoms with Gasteiger partial charge in [-0.1, -0.05) is 96.1 Å². The quantitative estimate of drug-likeness (QED) is 0.0836. The monoisotopic (exact) mass is 873 g/mol. The van der Waals surface area contributed by atoms with E-state index in [-0.39, 0.29) is 24.5 Å². The molecule has 6 aromatic carbocycles. The first-order chi connectivity index (χ1) is 31.0. The second-order valence-corrected chi connectivity index (χ2v) is 17.1. The Bertz CT molecular complexity index is 2950. The summed E-state index contributed by atoms with van der Waals surface area (Å²) >= 11 is 6.44. The molecule has 12 heteroatoms. The number of carbonyl (C=O) groups is 4. The Morgan fingerprint density at radius 1 is 0.797 bits per heavy atom. The molecule has 2 N–H and O–H groups in total. The standard InChI is InChI=1S/C52H41ClFN3O7/c1-63-37-22-26-44(64-2)31(27-37)10-7-29-8-20-36(21-9-29)56-48(59)40-25-24-39-42(45(40)50(56)61)28-43-49(60)57(55-35-18-16-34(54)17-19-35)51(62)52(43,32-12-14-33(53)15-13-32)46(39)41-23-11-30-5-3-4-6-38(30)47(41)58/h3-24,26-27,40,42-43,45-46,55,58H,25,28H2,1-2H3/t40-,42+,43-,45-,46+,52+/m0/s1. The number of fused-ring (bicyclic) bond motifs is 5. The molecular formula is C52H41ClFN3O7. The topological polar surface area (TPSA) is 125 Å². The van der Waals surface area contributed by atoms with Crippen LogP contribution in [0, 0.1) is 29.5 Å². The Balaban J connectivity index is 1.07. The molecule has 0 radical (unpaired) electrons. The summed E-state index contributed by atoms with van der Waals surface area (Å²) in [6, 6.07) is 35.8. The second-order valence-electron chi connectivity index (χ2n) is 16.6. The van der Waals surface area contributed by atoms with Gasteiger partial charge in [0.05, 0.1) is 48.8 Å². The zero-order chi connectivity index (χ0) is 44.4. The van der Waals surface area contributed by atoms with Gasteiger partial charge in [-0.3, -0.25) is 29.5 Å². The molecule has 2 heterocycles. The van der Waals surface area contributed by atoms with E-state index in [1.807, 2.05) is 72.8 Å². The minimum Gasteiger partial charge on any atom is -0.507 e. The van der Waals surface area contributed by atoms with Crippen molar-refractivity contribution in [1.29, 1.82) is 0 Å². The van der Waals surface area contributed by atoms with Crippen LogP contribution in [0.25, 0.3) is 22.9 Å². The largest absolute Gasteiger partial charge is 0.507 e. The minimum atomic E-state index is -1.65. The molecule has 64 heavy (non-hydrogen) atoms. The molecular weight excluding hydrogens is 833 g/mol. The van der Waals surface area contributed by atoms with Gasteiger partial charge in [0.25, 0.3) is 11.8 Å². The van der Waals surface area contributed by atoms with Crippen molar-refractivity contribution in [2.75, 3.05) is 24.5 Å². The predicted molar refractivity (Wildman–Crippen MR) is 242 cm³/mol. The molecule has 3 fully saturated rings. The molecule has 0 aromatic heterocycles. The summed E-state index contributed by atoms with van der Waals surface area (Å²) in [5, 5.41) is 15.0. The van der Waals surface area contributed by atoms with Gasteiger partial charge in [-0.05, 0) is 102 Å². The fourth-order valence-corrected chi connectivity index (χ4v) is 10.8. The van der Waals surface area contributed by atoms with E-state index >= 15 is 9.59 Å². The number of aromatic hydroxyl groups is 1. The maximum absolute atomic E-state index is 15.5. The van der Waals surface area contributed by atoms with E-state index in [1.165, 1.54) is 29.2 Å². The van der Waals surface area contributed by atoms with Gasteiger partial charge >= 0.3 is 0 Å². The Hall–Kier alpha value is -7.24. The molecule has 320 valence electrons. The molecule has 0 bridgehead atoms. The first-order valence-electron chi connectivity index (χ1n) is 21.0. The molecule has 2 aliphatic heterocycles. The molecule has 0 spiro atoms. The lowest BCUT2D eigenvalue weighted by Gasteiger charge is -2.50. The number of ether oxygens (including phenoxy) is 2. The van der Waals surface area contributed by atoms with Crippen LogP contribution in [0.5, 0.6) is 17.2 Å². The maximum Gasteiger partial charge on any atom is 0.260 e. The number of amides is 4. The third kappa shape index (κ3) is 6.36. The van der Waals surface area contributed by atoms with Crippen molar-refractivity contribution < 1.29 is 38.1 Å². The van der Waals surface area contributed by atoms with Crippen LogP contribution in [0.1, 0.15) is 41.0 Å². The third-order valence-electron chi connectivity index (χ3n) is 13.5. The lowest BCUT2D eigenvalue weighted by molar-refractivity contribution is -0.138. The van der Waals surface area contributed by atoms with Gasteiger partial charge in [-0.25, -0.2) is 4.39 Å². The highest BCUT2D eigenvalue weighted by Gasteiger charge is 2.70. The zero-order valence-electron chi connectivity index (χ0n) is 34.7. The normalized spacial score (nSPS) is 23.9. The molecule has 2 aliphatic carbocycles. The Labute approximate surface area is 373 Å². The van der Waals surface area contributed by atoms with E-state index < -0.39 is 58.5 Å². The van der Waals surface area contributed by atoms with E-state index in [0.29, 0.717) is 50.0 Å². The summed E-state index contributed by atoms with van der Waals surface area (Å²) in [6.07, 6.45) is 5.99. The number of halogens is 2. The van der Waals surface area contributed by atoms with E-state index in [9.17, 15) is 19.1 Å². The van der Waals surface area contributed by atoms with Crippen molar-refractivity contribution in [1.82, 2.24) is 5.01 Å². The molecule has 10 nitrogen and oxygen atoms in total. The van der Waals surface area contributed by atoms with Gasteiger partial charge in [0.1, 0.15) is 23.1 Å². The number of hydrogen-bond acceptors (Lipinski definition) is 8. The summed E-state index contributed by atoms with van der Waals surface area (Å²) in [5.74, 6) is -5.36. The summed E-state index contributed by atoms with van der Waals surface area (Å²) in [7, 11) is 3.19. The highest BCUT2D eigenvalue weighted by Crippen LogP contribution is 2.65. The summed E-state index contributed by atoms with van der Waals surface area (Å²) in [5.41, 5.74) is 5.27. The number of nitrogens with one attached hydrogen (secondary N) is 1. The number of hydrogen-bond donors (Lipinski definition) is 2. The van der Waals surface area contributed by atoms with Crippen molar-refractivity contribution in [3.8, 4) is 17.2 Å². The smallest absolute Gasteiger partial charge is 0.260 e. The first-order valence-corrected chi connectivity index (χ1v) is 21.4. The van der Waals surface area contributed by atoms with Crippen LogP contribution < -0.4 is 19.8 Å². The van der Waals surface area contributed by atoms with E-state index in [1.54, 1.807) is 62.8 Å². The number of carbonyl (C=O) groups excluding carboxylic acids is 4. The number of phenols is 1. The van der Waals surface area contributed by atoms with Crippen molar-refractivity contribution in [2.45, 2.75) is 24.2 Å². The first kappa shape index (κ1) is 40.8. The second kappa shape index (κ2) is 15.8. The van der Waals surface area contributed by atoms with Crippen molar-refractivity contribution in [3.63, 3.8) is 0 Å². The lowest BCUT2D eigenvalue weighted by Crippen LogP contribution is -2.53. The lowest BCUT2D eigenvalue weighted by atomic mass is 9.49. The minimum absolute atomic E-state index is 0.0525. The number of allylic oxidation sites excluding steroid dienone is 2. The van der Waals surface area contributed by atoms with Gasteiger partial charge in [0, 0.05) is 27.5 Å². The number of benzene rings is 6. The number of nitrogens with zero attached hydrogens (tertiary/aromatic N) is 2. The number of rotatable bonds is 9. The summed E-state index contributed by atoms with van der Waals surface area (Å²) < 4.78 is 24.9. The molecule has 2 saturated heterocycles. The number of imide groups is 2. The van der Waals surface area contributed by atoms with Crippen LogP contribution in [0.15, 0.2) is 139 Å². The Morgan fingerprint density at radius 3 is 2.28 bits per heavy atom. The van der Waals surface area contributed by atoms with Gasteiger partial charge in [-0.2, -0.15) is 5.01 Å². The highest BCUT2D eigenvalue weighted by atomic mass is 35.5. The maximum atomic E-state index is 15.5. The van der Waals surface area contributed by atoms with Crippen LogP contribution >= 0.6 is 11.6 Å². The third-order valence-corrected chi connectivity index (χ3v) is 13.8. The number of methoxy groups -OCH3 is 2. The summed E-state index contributed by atoms with van der Waals surface area (Å²) in [6.45, 7) is 0. The van der Waals surface area contributed by atoms with Crippen molar-refractivity contribution >= 4 is 69.5 Å². The molecule has 10 rings (SSSR count). The van der Waals surface area contributed by atoms with Crippen LogP contribution in [0.4, 0.5) is 15.8 Å². The highest BCUT2D eigenvalue weighted by molar-refractivity contribution is 6.30. The fourth-order valence-electron chi connectivity index (χ4n) is 10.6. The summed E-state index contributed by atoms with van der Waals surface area (Å²) in [4.78, 5) is 61.3. The Morgan fingerprint density at radius 2 is 1.55 bits per heavy atom. The molecule has 6 aromatic rings. The molecule has 1 saturated carbocycles. The predicted octanol–water partition coefficient (Wildman–Crippen LogP) is 9.71. The molecule has 0 unspecified atom stereocenters. The average molecular weight is 874 g/mol. The van der Waals surface area contributed by atoms with Gasteiger partial charge in [-0.15, -0.1) is 0 Å². The Kier molecular flexibility index (Phi) is 10.1. The van der Waals surface area contributed by atoms with E-state index in [2.05, 4.69) is 5.43 Å². The van der Waals surface area contributed by atoms with Crippen LogP contribution in [-0.4, -0.2) is 48.0 Å². The zero-order valence-corrected chi connectivity index (χ0v) is 35.5. The van der Waals surface area contributed by atoms with Gasteiger partial charge in [0.2, 0.25) is 11.8 Å². The molecule has 4 amide bonds. The van der Waals surface area contributed by atoms with Crippen molar-refractivity contribution in [2.24, 2.45) is 23.7 Å². The van der Waals surface area contributed by atoms with Crippen LogP contribution in [0.2, 0.25) is 5.02 Å². The van der Waals surface area contributed by atoms with E-state index in [0.717, 1.165) is 21.5 Å². The average Bonchev–Trinajstić information content (AvgIpc) is 3.70. The number of hydrazine groups is 1.